The van der Waals surface area contributed by atoms with E-state index in [0.717, 1.165) is 22.4 Å². The van der Waals surface area contributed by atoms with E-state index in [4.69, 9.17) is 4.74 Å². The molecule has 0 saturated carbocycles. The standard InChI is InChI=1S/C17H23N3O2S/c1-13-8-16(9-18-14(13)2)10-19-17(21)20(5-6-22-3)11-15-4-7-23-12-15/h4,7-9,12H,5-6,10-11H2,1-3H3,(H,19,21). The Labute approximate surface area is 141 Å². The molecule has 0 bridgehead atoms. The molecule has 0 fully saturated rings. The third kappa shape index (κ3) is 5.33. The summed E-state index contributed by atoms with van der Waals surface area (Å²) in [7, 11) is 1.64. The maximum Gasteiger partial charge on any atom is 0.318 e. The molecule has 124 valence electrons. The lowest BCUT2D eigenvalue weighted by Crippen LogP contribution is -2.40. The quantitative estimate of drug-likeness (QED) is 0.847. The molecule has 0 aromatic carbocycles. The molecule has 0 atom stereocenters. The van der Waals surface area contributed by atoms with Crippen molar-refractivity contribution in [3.8, 4) is 0 Å². The molecule has 5 nitrogen and oxygen atoms in total. The molecule has 1 N–H and O–H groups in total. The smallest absolute Gasteiger partial charge is 0.318 e. The molecule has 2 heterocycles. The SMILES string of the molecule is COCCN(Cc1ccsc1)C(=O)NCc1cnc(C)c(C)c1. The Kier molecular flexibility index (Phi) is 6.55. The van der Waals surface area contributed by atoms with Gasteiger partial charge in [-0.1, -0.05) is 6.07 Å². The van der Waals surface area contributed by atoms with E-state index in [1.807, 2.05) is 25.3 Å². The second-order valence-electron chi connectivity index (χ2n) is 5.45. The first kappa shape index (κ1) is 17.4. The van der Waals surface area contributed by atoms with Crippen LogP contribution in [0, 0.1) is 13.8 Å². The van der Waals surface area contributed by atoms with Gasteiger partial charge in [-0.3, -0.25) is 4.98 Å². The van der Waals surface area contributed by atoms with Crippen molar-refractivity contribution < 1.29 is 9.53 Å². The summed E-state index contributed by atoms with van der Waals surface area (Å²) in [5.74, 6) is 0. The van der Waals surface area contributed by atoms with Gasteiger partial charge >= 0.3 is 6.03 Å². The Bertz CT molecular complexity index is 629. The number of pyridine rings is 1. The number of nitrogens with zero attached hydrogens (tertiary/aromatic N) is 2. The third-order valence-corrected chi connectivity index (χ3v) is 4.38. The number of hydrogen-bond acceptors (Lipinski definition) is 4. The highest BCUT2D eigenvalue weighted by Gasteiger charge is 2.14. The number of hydrogen-bond donors (Lipinski definition) is 1. The van der Waals surface area contributed by atoms with Gasteiger partial charge in [0.05, 0.1) is 6.61 Å². The van der Waals surface area contributed by atoms with Crippen molar-refractivity contribution in [1.29, 1.82) is 0 Å². The van der Waals surface area contributed by atoms with Crippen molar-refractivity contribution >= 4 is 17.4 Å². The van der Waals surface area contributed by atoms with E-state index in [1.165, 1.54) is 0 Å². The highest BCUT2D eigenvalue weighted by molar-refractivity contribution is 7.07. The summed E-state index contributed by atoms with van der Waals surface area (Å²) in [6.07, 6.45) is 1.81. The van der Waals surface area contributed by atoms with Crippen LogP contribution in [0.15, 0.2) is 29.1 Å². The number of aromatic nitrogens is 1. The summed E-state index contributed by atoms with van der Waals surface area (Å²) in [4.78, 5) is 18.5. The molecule has 23 heavy (non-hydrogen) atoms. The minimum absolute atomic E-state index is 0.0912. The normalized spacial score (nSPS) is 10.6. The van der Waals surface area contributed by atoms with Gasteiger partial charge in [-0.05, 0) is 47.4 Å². The number of ether oxygens (including phenoxy) is 1. The molecule has 2 aromatic rings. The molecule has 0 unspecified atom stereocenters. The van der Waals surface area contributed by atoms with Crippen LogP contribution in [-0.4, -0.2) is 36.2 Å². The van der Waals surface area contributed by atoms with Crippen LogP contribution < -0.4 is 5.32 Å². The molecule has 0 saturated heterocycles. The van der Waals surface area contributed by atoms with Crippen LogP contribution in [0.1, 0.15) is 22.4 Å². The molecule has 0 aliphatic heterocycles. The maximum atomic E-state index is 12.4. The molecular weight excluding hydrogens is 310 g/mol. The molecule has 0 aliphatic rings. The Morgan fingerprint density at radius 1 is 1.39 bits per heavy atom. The van der Waals surface area contributed by atoms with E-state index < -0.39 is 0 Å². The molecule has 2 rings (SSSR count). The number of carbonyl (C=O) groups excluding carboxylic acids is 1. The van der Waals surface area contributed by atoms with Crippen molar-refractivity contribution in [2.75, 3.05) is 20.3 Å². The lowest BCUT2D eigenvalue weighted by atomic mass is 10.1. The van der Waals surface area contributed by atoms with Crippen molar-refractivity contribution in [3.05, 3.63) is 51.5 Å². The van der Waals surface area contributed by atoms with Gasteiger partial charge in [-0.2, -0.15) is 11.3 Å². The number of urea groups is 1. The van der Waals surface area contributed by atoms with Crippen molar-refractivity contribution in [1.82, 2.24) is 15.2 Å². The minimum Gasteiger partial charge on any atom is -0.383 e. The predicted molar refractivity (Wildman–Crippen MR) is 92.6 cm³/mol. The molecule has 2 amide bonds. The van der Waals surface area contributed by atoms with Gasteiger partial charge in [0, 0.05) is 38.6 Å². The fourth-order valence-corrected chi connectivity index (χ4v) is 2.80. The van der Waals surface area contributed by atoms with Crippen molar-refractivity contribution in [3.63, 3.8) is 0 Å². The zero-order valence-electron chi connectivity index (χ0n) is 13.8. The fraction of sp³-hybridized carbons (Fsp3) is 0.412. The zero-order chi connectivity index (χ0) is 16.7. The Morgan fingerprint density at radius 3 is 2.87 bits per heavy atom. The Hall–Kier alpha value is -1.92. The molecule has 0 spiro atoms. The molecule has 0 aliphatic carbocycles. The summed E-state index contributed by atoms with van der Waals surface area (Å²) in [5.41, 5.74) is 4.28. The van der Waals surface area contributed by atoms with Gasteiger partial charge in [0.15, 0.2) is 0 Å². The number of methoxy groups -OCH3 is 1. The average Bonchev–Trinajstić information content (AvgIpc) is 3.05. The second kappa shape index (κ2) is 8.64. The number of aryl methyl sites for hydroxylation is 2. The topological polar surface area (TPSA) is 54.5 Å². The molecule has 2 aromatic heterocycles. The number of carbonyl (C=O) groups is 1. The first-order chi connectivity index (χ1) is 11.1. The summed E-state index contributed by atoms with van der Waals surface area (Å²) < 4.78 is 5.10. The van der Waals surface area contributed by atoms with E-state index >= 15 is 0 Å². The van der Waals surface area contributed by atoms with Crippen LogP contribution in [0.5, 0.6) is 0 Å². The van der Waals surface area contributed by atoms with E-state index in [2.05, 4.69) is 21.7 Å². The summed E-state index contributed by atoms with van der Waals surface area (Å²) in [6.45, 7) is 6.14. The number of thiophene rings is 1. The monoisotopic (exact) mass is 333 g/mol. The van der Waals surface area contributed by atoms with Crippen LogP contribution in [0.3, 0.4) is 0 Å². The van der Waals surface area contributed by atoms with Crippen molar-refractivity contribution in [2.24, 2.45) is 0 Å². The van der Waals surface area contributed by atoms with E-state index in [-0.39, 0.29) is 6.03 Å². The maximum absolute atomic E-state index is 12.4. The van der Waals surface area contributed by atoms with Gasteiger partial charge in [-0.25, -0.2) is 4.79 Å². The van der Waals surface area contributed by atoms with Gasteiger partial charge in [0.1, 0.15) is 0 Å². The summed E-state index contributed by atoms with van der Waals surface area (Å²) in [5, 5.41) is 7.03. The Balaban J connectivity index is 1.94. The lowest BCUT2D eigenvalue weighted by molar-refractivity contribution is 0.146. The summed E-state index contributed by atoms with van der Waals surface area (Å²) in [6, 6.07) is 4.00. The van der Waals surface area contributed by atoms with Crippen LogP contribution >= 0.6 is 11.3 Å². The van der Waals surface area contributed by atoms with Crippen LogP contribution in [0.2, 0.25) is 0 Å². The molecule has 0 radical (unpaired) electrons. The average molecular weight is 333 g/mol. The molecular formula is C17H23N3O2S. The number of amides is 2. The fourth-order valence-electron chi connectivity index (χ4n) is 2.14. The first-order valence-electron chi connectivity index (χ1n) is 7.55. The number of nitrogens with one attached hydrogen (secondary N) is 1. The first-order valence-corrected chi connectivity index (χ1v) is 8.49. The van der Waals surface area contributed by atoms with E-state index in [1.54, 1.807) is 29.5 Å². The lowest BCUT2D eigenvalue weighted by Gasteiger charge is -2.22. The largest absolute Gasteiger partial charge is 0.383 e. The van der Waals surface area contributed by atoms with Gasteiger partial charge in [0.25, 0.3) is 0 Å². The van der Waals surface area contributed by atoms with Gasteiger partial charge in [0.2, 0.25) is 0 Å². The number of rotatable bonds is 7. The minimum atomic E-state index is -0.0912. The van der Waals surface area contributed by atoms with Crippen molar-refractivity contribution in [2.45, 2.75) is 26.9 Å². The zero-order valence-corrected chi connectivity index (χ0v) is 14.7. The van der Waals surface area contributed by atoms with Gasteiger partial charge < -0.3 is 15.0 Å². The highest BCUT2D eigenvalue weighted by Crippen LogP contribution is 2.10. The highest BCUT2D eigenvalue weighted by atomic mass is 32.1. The summed E-state index contributed by atoms with van der Waals surface area (Å²) >= 11 is 1.63. The van der Waals surface area contributed by atoms with Crippen LogP contribution in [-0.2, 0) is 17.8 Å². The molecule has 6 heteroatoms. The Morgan fingerprint density at radius 2 is 2.22 bits per heavy atom. The van der Waals surface area contributed by atoms with Crippen LogP contribution in [0.4, 0.5) is 4.79 Å². The van der Waals surface area contributed by atoms with Crippen LogP contribution in [0.25, 0.3) is 0 Å². The predicted octanol–water partition coefficient (Wildman–Crippen LogP) is 3.12. The van der Waals surface area contributed by atoms with Gasteiger partial charge in [-0.15, -0.1) is 0 Å². The second-order valence-corrected chi connectivity index (χ2v) is 6.23. The third-order valence-electron chi connectivity index (χ3n) is 3.65. The van der Waals surface area contributed by atoms with E-state index in [9.17, 15) is 4.79 Å². The van der Waals surface area contributed by atoms with E-state index in [0.29, 0.717) is 26.2 Å².